The lowest BCUT2D eigenvalue weighted by Crippen LogP contribution is -2.10. The van der Waals surface area contributed by atoms with Gasteiger partial charge < -0.3 is 25.9 Å². The van der Waals surface area contributed by atoms with Crippen LogP contribution in [0.1, 0.15) is 26.7 Å². The number of hydrogen-bond acceptors (Lipinski definition) is 5. The third-order valence-electron chi connectivity index (χ3n) is 0.675. The number of rotatable bonds is 2. The predicted octanol–water partition coefficient (Wildman–Crippen LogP) is -1.22. The van der Waals surface area contributed by atoms with Crippen molar-refractivity contribution in [3.8, 4) is 0 Å². The van der Waals surface area contributed by atoms with Crippen LogP contribution in [0.15, 0.2) is 0 Å². The lowest BCUT2D eigenvalue weighted by atomic mass is 10.3. The van der Waals surface area contributed by atoms with Gasteiger partial charge in [-0.25, -0.2) is 0 Å². The van der Waals surface area contributed by atoms with Gasteiger partial charge in [-0.3, -0.25) is 4.79 Å². The van der Waals surface area contributed by atoms with E-state index < -0.39 is 13.3 Å². The lowest BCUT2D eigenvalue weighted by molar-refractivity contribution is -0.135. The van der Waals surface area contributed by atoms with Gasteiger partial charge in [-0.2, -0.15) is 0 Å². The molecule has 0 amide bonds. The summed E-state index contributed by atoms with van der Waals surface area (Å²) in [7, 11) is -2.17. The first kappa shape index (κ1) is 18.2. The summed E-state index contributed by atoms with van der Waals surface area (Å²) in [5.74, 6) is -0.968. The molecular formula is C6H18BNO5. The van der Waals surface area contributed by atoms with Gasteiger partial charge in [0.25, 0.3) is 0 Å². The zero-order valence-corrected chi connectivity index (χ0v) is 7.97. The molecule has 0 aliphatic carbocycles. The fraction of sp³-hybridized carbons (Fsp3) is 0.833. The van der Waals surface area contributed by atoms with Crippen LogP contribution in [-0.4, -0.2) is 40.0 Å². The van der Waals surface area contributed by atoms with Crippen LogP contribution in [0.2, 0.25) is 0 Å². The van der Waals surface area contributed by atoms with Gasteiger partial charge in [0.05, 0.1) is 6.54 Å². The van der Waals surface area contributed by atoms with Crippen molar-refractivity contribution in [2.75, 3.05) is 6.54 Å². The third kappa shape index (κ3) is 177. The van der Waals surface area contributed by atoms with E-state index in [4.69, 9.17) is 20.2 Å². The van der Waals surface area contributed by atoms with Gasteiger partial charge >= 0.3 is 13.3 Å². The van der Waals surface area contributed by atoms with E-state index in [1.165, 1.54) is 12.8 Å². The van der Waals surface area contributed by atoms with Gasteiger partial charge in [-0.05, 0) is 0 Å². The van der Waals surface area contributed by atoms with Crippen LogP contribution in [0, 0.1) is 0 Å². The first-order valence-electron chi connectivity index (χ1n) is 3.88. The van der Waals surface area contributed by atoms with Crippen molar-refractivity contribution >= 4 is 13.3 Å². The average molecular weight is 195 g/mol. The topological polar surface area (TPSA) is 124 Å². The average Bonchev–Trinajstić information content (AvgIpc) is 2.04. The number of carboxylic acids is 1. The van der Waals surface area contributed by atoms with E-state index >= 15 is 0 Å². The number of carboxylic acid groups (broad SMARTS) is 1. The molecule has 0 saturated heterocycles. The van der Waals surface area contributed by atoms with Crippen LogP contribution in [0.4, 0.5) is 0 Å². The fourth-order valence-electron chi connectivity index (χ4n) is 0. The van der Waals surface area contributed by atoms with Crippen LogP contribution in [-0.2, 0) is 4.79 Å². The fourth-order valence-corrected chi connectivity index (χ4v) is 0. The molecule has 0 rings (SSSR count). The van der Waals surface area contributed by atoms with Gasteiger partial charge in [-0.1, -0.05) is 26.7 Å². The van der Waals surface area contributed by atoms with E-state index in [0.29, 0.717) is 0 Å². The van der Waals surface area contributed by atoms with Crippen LogP contribution >= 0.6 is 0 Å². The molecule has 0 aromatic heterocycles. The lowest BCUT2D eigenvalue weighted by Gasteiger charge is -1.73. The molecule has 6 nitrogen and oxygen atoms in total. The summed E-state index contributed by atoms with van der Waals surface area (Å²) in [6.45, 7) is 4.08. The van der Waals surface area contributed by atoms with E-state index in [-0.39, 0.29) is 6.54 Å². The van der Waals surface area contributed by atoms with Crippen LogP contribution in [0.3, 0.4) is 0 Å². The van der Waals surface area contributed by atoms with Gasteiger partial charge in [0.2, 0.25) is 0 Å². The van der Waals surface area contributed by atoms with Crippen molar-refractivity contribution in [2.24, 2.45) is 5.73 Å². The van der Waals surface area contributed by atoms with Gasteiger partial charge in [0, 0.05) is 0 Å². The number of carbonyl (C=O) groups is 1. The molecule has 0 fully saturated rings. The van der Waals surface area contributed by atoms with Crippen molar-refractivity contribution in [1.82, 2.24) is 0 Å². The Bertz CT molecular complexity index is 96.3. The Kier molecular flexibility index (Phi) is 24.5. The molecule has 0 aliphatic heterocycles. The van der Waals surface area contributed by atoms with Gasteiger partial charge in [-0.15, -0.1) is 0 Å². The molecule has 7 heteroatoms. The highest BCUT2D eigenvalue weighted by Gasteiger charge is 1.92. The molecule has 0 radical (unpaired) electrons. The largest absolute Gasteiger partial charge is 0.631 e. The van der Waals surface area contributed by atoms with Crippen molar-refractivity contribution in [3.63, 3.8) is 0 Å². The first-order valence-corrected chi connectivity index (χ1v) is 3.88. The Hall–Kier alpha value is -0.625. The SMILES string of the molecule is CCCC.NCC(=O)O.OB(O)O. The van der Waals surface area contributed by atoms with E-state index in [0.717, 1.165) is 0 Å². The van der Waals surface area contributed by atoms with Gasteiger partial charge in [0.1, 0.15) is 0 Å². The Morgan fingerprint density at radius 3 is 1.38 bits per heavy atom. The molecule has 13 heavy (non-hydrogen) atoms. The molecule has 0 aromatic carbocycles. The monoisotopic (exact) mass is 195 g/mol. The second-order valence-electron chi connectivity index (χ2n) is 1.94. The zero-order chi connectivity index (χ0) is 11.3. The Balaban J connectivity index is -0.000000117. The van der Waals surface area contributed by atoms with Crippen molar-refractivity contribution in [2.45, 2.75) is 26.7 Å². The second kappa shape index (κ2) is 17.5. The smallest absolute Gasteiger partial charge is 0.480 e. The molecule has 80 valence electrons. The molecular weight excluding hydrogens is 177 g/mol. The number of aliphatic carboxylic acids is 1. The highest BCUT2D eigenvalue weighted by atomic mass is 16.5. The van der Waals surface area contributed by atoms with Crippen LogP contribution < -0.4 is 5.73 Å². The third-order valence-corrected chi connectivity index (χ3v) is 0.675. The first-order chi connectivity index (χ1) is 5.92. The Labute approximate surface area is 78.2 Å². The minimum absolute atomic E-state index is 0.278. The van der Waals surface area contributed by atoms with Crippen LogP contribution in [0.25, 0.3) is 0 Å². The maximum atomic E-state index is 9.24. The van der Waals surface area contributed by atoms with Crippen LogP contribution in [0.5, 0.6) is 0 Å². The zero-order valence-electron chi connectivity index (χ0n) is 7.97. The summed E-state index contributed by atoms with van der Waals surface area (Å²) < 4.78 is 0. The Morgan fingerprint density at radius 1 is 1.23 bits per heavy atom. The molecule has 0 atom stereocenters. The standard InChI is InChI=1S/C4H10.C2H5NO2.BH3O3/c1-3-4-2;3-1-2(4)5;2-1(3)4/h3-4H2,1-2H3;1,3H2,(H,4,5);2-4H. The number of hydrogen-bond donors (Lipinski definition) is 5. The van der Waals surface area contributed by atoms with E-state index in [9.17, 15) is 4.79 Å². The summed E-state index contributed by atoms with van der Waals surface area (Å²) in [6, 6.07) is 0. The van der Waals surface area contributed by atoms with Crippen molar-refractivity contribution in [1.29, 1.82) is 0 Å². The maximum absolute atomic E-state index is 9.24. The number of unbranched alkanes of at least 4 members (excludes halogenated alkanes) is 1. The van der Waals surface area contributed by atoms with E-state index in [2.05, 4.69) is 19.6 Å². The molecule has 0 bridgehead atoms. The molecule has 0 saturated carbocycles. The summed E-state index contributed by atoms with van der Waals surface area (Å²) in [5.41, 5.74) is 4.57. The molecule has 0 spiro atoms. The highest BCUT2D eigenvalue weighted by molar-refractivity contribution is 6.30. The normalized spacial score (nSPS) is 7.23. The highest BCUT2D eigenvalue weighted by Crippen LogP contribution is 1.76. The molecule has 0 unspecified atom stereocenters. The van der Waals surface area contributed by atoms with E-state index in [1.54, 1.807) is 0 Å². The summed E-state index contributed by atoms with van der Waals surface area (Å²) in [6.07, 6.45) is 2.64. The summed E-state index contributed by atoms with van der Waals surface area (Å²) in [4.78, 5) is 9.24. The Morgan fingerprint density at radius 2 is 1.38 bits per heavy atom. The quantitative estimate of drug-likeness (QED) is 0.352. The summed E-state index contributed by atoms with van der Waals surface area (Å²) >= 11 is 0. The predicted molar refractivity (Wildman–Crippen MR) is 49.7 cm³/mol. The van der Waals surface area contributed by atoms with Crippen molar-refractivity contribution in [3.05, 3.63) is 0 Å². The van der Waals surface area contributed by atoms with Crippen molar-refractivity contribution < 1.29 is 25.0 Å². The van der Waals surface area contributed by atoms with E-state index in [1.807, 2.05) is 0 Å². The molecule has 0 aromatic rings. The molecule has 6 N–H and O–H groups in total. The minimum atomic E-state index is -2.17. The minimum Gasteiger partial charge on any atom is -0.480 e. The van der Waals surface area contributed by atoms with Gasteiger partial charge in [0.15, 0.2) is 0 Å². The molecule has 0 heterocycles. The second-order valence-corrected chi connectivity index (χ2v) is 1.94. The maximum Gasteiger partial charge on any atom is 0.631 e. The summed E-state index contributed by atoms with van der Waals surface area (Å²) in [5, 5.41) is 29.1. The molecule has 0 aliphatic rings. The number of nitrogens with two attached hydrogens (primary N) is 1.